The summed E-state index contributed by atoms with van der Waals surface area (Å²) in [5.74, 6) is 1.59. The molecule has 0 radical (unpaired) electrons. The smallest absolute Gasteiger partial charge is 0.229 e. The summed E-state index contributed by atoms with van der Waals surface area (Å²) in [5.41, 5.74) is 1.26. The Labute approximate surface area is 160 Å². The van der Waals surface area contributed by atoms with Crippen LogP contribution in [-0.2, 0) is 11.2 Å². The summed E-state index contributed by atoms with van der Waals surface area (Å²) in [6.45, 7) is 2.34. The van der Waals surface area contributed by atoms with E-state index in [1.54, 1.807) is 44.6 Å². The Morgan fingerprint density at radius 3 is 2.60 bits per heavy atom. The highest BCUT2D eigenvalue weighted by molar-refractivity contribution is 9.10. The van der Waals surface area contributed by atoms with Crippen LogP contribution in [0.1, 0.15) is 12.5 Å². The highest BCUT2D eigenvalue weighted by Gasteiger charge is 2.15. The number of amides is 1. The van der Waals surface area contributed by atoms with E-state index in [4.69, 9.17) is 25.8 Å². The van der Waals surface area contributed by atoms with Crippen LogP contribution in [0, 0.1) is 0 Å². The maximum atomic E-state index is 12.5. The normalized spacial score (nSPS) is 10.3. The molecule has 0 atom stereocenters. The fourth-order valence-electron chi connectivity index (χ4n) is 2.31. The zero-order valence-corrected chi connectivity index (χ0v) is 16.5. The van der Waals surface area contributed by atoms with Crippen LogP contribution < -0.4 is 19.5 Å². The third-order valence-electron chi connectivity index (χ3n) is 3.42. The van der Waals surface area contributed by atoms with Gasteiger partial charge in [-0.3, -0.25) is 4.79 Å². The monoisotopic (exact) mass is 427 g/mol. The summed E-state index contributed by atoms with van der Waals surface area (Å²) in [6, 6.07) is 8.70. The number of halogens is 2. The van der Waals surface area contributed by atoms with Crippen LogP contribution in [0.15, 0.2) is 34.8 Å². The summed E-state index contributed by atoms with van der Waals surface area (Å²) in [7, 11) is 3.13. The predicted octanol–water partition coefficient (Wildman–Crippen LogP) is 4.70. The van der Waals surface area contributed by atoms with Gasteiger partial charge in [-0.25, -0.2) is 0 Å². The molecule has 0 aliphatic carbocycles. The number of carbonyl (C=O) groups excluding carboxylic acids is 1. The molecule has 0 aromatic heterocycles. The highest BCUT2D eigenvalue weighted by Crippen LogP contribution is 2.37. The van der Waals surface area contributed by atoms with Gasteiger partial charge < -0.3 is 19.5 Å². The van der Waals surface area contributed by atoms with Crippen LogP contribution in [0.3, 0.4) is 0 Å². The minimum absolute atomic E-state index is 0.142. The first kappa shape index (κ1) is 19.4. The molecule has 2 aromatic rings. The minimum Gasteiger partial charge on any atom is -0.497 e. The van der Waals surface area contributed by atoms with E-state index in [2.05, 4.69) is 21.2 Å². The average molecular weight is 429 g/mol. The quantitative estimate of drug-likeness (QED) is 0.694. The molecule has 0 aliphatic heterocycles. The van der Waals surface area contributed by atoms with Crippen molar-refractivity contribution in [2.75, 3.05) is 26.1 Å². The second-order valence-corrected chi connectivity index (χ2v) is 6.39. The van der Waals surface area contributed by atoms with Crippen LogP contribution in [-0.4, -0.2) is 26.7 Å². The van der Waals surface area contributed by atoms with Gasteiger partial charge in [0, 0.05) is 16.7 Å². The fraction of sp³-hybridized carbons (Fsp3) is 0.278. The fourth-order valence-corrected chi connectivity index (χ4v) is 3.23. The highest BCUT2D eigenvalue weighted by atomic mass is 79.9. The molecule has 0 fully saturated rings. The van der Waals surface area contributed by atoms with Crippen molar-refractivity contribution in [3.05, 3.63) is 45.4 Å². The molecule has 0 saturated carbocycles. The molecule has 0 saturated heterocycles. The van der Waals surface area contributed by atoms with Crippen molar-refractivity contribution in [2.24, 2.45) is 0 Å². The molecule has 7 heteroatoms. The molecule has 0 bridgehead atoms. The zero-order chi connectivity index (χ0) is 18.4. The van der Waals surface area contributed by atoms with Crippen molar-refractivity contribution in [1.29, 1.82) is 0 Å². The summed E-state index contributed by atoms with van der Waals surface area (Å²) in [5, 5.41) is 3.33. The van der Waals surface area contributed by atoms with Crippen LogP contribution in [0.5, 0.6) is 17.2 Å². The molecular formula is C18H19BrClNO4. The van der Waals surface area contributed by atoms with E-state index < -0.39 is 0 Å². The largest absolute Gasteiger partial charge is 0.497 e. The summed E-state index contributed by atoms with van der Waals surface area (Å²) >= 11 is 9.48. The molecule has 134 valence electrons. The topological polar surface area (TPSA) is 56.8 Å². The van der Waals surface area contributed by atoms with Gasteiger partial charge in [0.25, 0.3) is 0 Å². The van der Waals surface area contributed by atoms with E-state index >= 15 is 0 Å². The number of nitrogens with one attached hydrogen (secondary N) is 1. The third kappa shape index (κ3) is 5.03. The molecule has 0 heterocycles. The standard InChI is InChI=1S/C18H19BrClNO4/c1-4-25-18-14(19)8-12(20)9-15(18)21-17(22)7-11-5-6-13(23-2)10-16(11)24-3/h5-6,8-10H,4,7H2,1-3H3,(H,21,22). The maximum absolute atomic E-state index is 12.5. The summed E-state index contributed by atoms with van der Waals surface area (Å²) < 4.78 is 16.8. The molecule has 25 heavy (non-hydrogen) atoms. The molecule has 5 nitrogen and oxygen atoms in total. The summed E-state index contributed by atoms with van der Waals surface area (Å²) in [6.07, 6.45) is 0.142. The van der Waals surface area contributed by atoms with Gasteiger partial charge >= 0.3 is 0 Å². The zero-order valence-electron chi connectivity index (χ0n) is 14.2. The third-order valence-corrected chi connectivity index (χ3v) is 4.22. The number of benzene rings is 2. The van der Waals surface area contributed by atoms with Gasteiger partial charge in [-0.05, 0) is 41.1 Å². The first-order valence-corrected chi connectivity index (χ1v) is 8.78. The predicted molar refractivity (Wildman–Crippen MR) is 102 cm³/mol. The molecule has 2 rings (SSSR count). The van der Waals surface area contributed by atoms with Crippen LogP contribution in [0.25, 0.3) is 0 Å². The molecular weight excluding hydrogens is 410 g/mol. The van der Waals surface area contributed by atoms with Crippen molar-refractivity contribution < 1.29 is 19.0 Å². The van der Waals surface area contributed by atoms with Gasteiger partial charge in [0.15, 0.2) is 5.75 Å². The number of anilines is 1. The Morgan fingerprint density at radius 2 is 1.96 bits per heavy atom. The van der Waals surface area contributed by atoms with Gasteiger partial charge in [0.1, 0.15) is 11.5 Å². The van der Waals surface area contributed by atoms with E-state index in [9.17, 15) is 4.79 Å². The van der Waals surface area contributed by atoms with Gasteiger partial charge in [-0.2, -0.15) is 0 Å². The Bertz CT molecular complexity index is 767. The van der Waals surface area contributed by atoms with Gasteiger partial charge in [-0.1, -0.05) is 17.7 Å². The minimum atomic E-state index is -0.210. The number of hydrogen-bond acceptors (Lipinski definition) is 4. The average Bonchev–Trinajstić information content (AvgIpc) is 2.58. The molecule has 1 N–H and O–H groups in total. The number of ether oxygens (including phenoxy) is 3. The Hall–Kier alpha value is -1.92. The lowest BCUT2D eigenvalue weighted by Gasteiger charge is -2.15. The molecule has 0 aliphatic rings. The molecule has 1 amide bonds. The van der Waals surface area contributed by atoms with E-state index in [1.807, 2.05) is 6.92 Å². The maximum Gasteiger partial charge on any atom is 0.229 e. The first-order chi connectivity index (χ1) is 12.0. The van der Waals surface area contributed by atoms with E-state index in [0.29, 0.717) is 39.0 Å². The number of carbonyl (C=O) groups is 1. The van der Waals surface area contributed by atoms with Gasteiger partial charge in [0.2, 0.25) is 5.91 Å². The van der Waals surface area contributed by atoms with Gasteiger partial charge in [-0.15, -0.1) is 0 Å². The Balaban J connectivity index is 2.21. The Kier molecular flexibility index (Phi) is 6.96. The van der Waals surface area contributed by atoms with Crippen molar-refractivity contribution in [3.8, 4) is 17.2 Å². The Morgan fingerprint density at radius 1 is 1.20 bits per heavy atom. The number of rotatable bonds is 7. The van der Waals surface area contributed by atoms with E-state index in [1.165, 1.54) is 0 Å². The lowest BCUT2D eigenvalue weighted by atomic mass is 10.1. The second kappa shape index (κ2) is 8.97. The van der Waals surface area contributed by atoms with Gasteiger partial charge in [0.05, 0.1) is 37.4 Å². The summed E-state index contributed by atoms with van der Waals surface area (Å²) in [4.78, 5) is 12.5. The lowest BCUT2D eigenvalue weighted by molar-refractivity contribution is -0.115. The van der Waals surface area contributed by atoms with Crippen molar-refractivity contribution >= 4 is 39.1 Å². The van der Waals surface area contributed by atoms with Crippen molar-refractivity contribution in [1.82, 2.24) is 0 Å². The van der Waals surface area contributed by atoms with Crippen LogP contribution in [0.2, 0.25) is 5.02 Å². The molecule has 0 spiro atoms. The number of hydrogen-bond donors (Lipinski definition) is 1. The lowest BCUT2D eigenvalue weighted by Crippen LogP contribution is -2.16. The van der Waals surface area contributed by atoms with Crippen LogP contribution >= 0.6 is 27.5 Å². The van der Waals surface area contributed by atoms with E-state index in [0.717, 1.165) is 5.56 Å². The van der Waals surface area contributed by atoms with Crippen molar-refractivity contribution in [2.45, 2.75) is 13.3 Å². The van der Waals surface area contributed by atoms with Crippen molar-refractivity contribution in [3.63, 3.8) is 0 Å². The number of methoxy groups -OCH3 is 2. The van der Waals surface area contributed by atoms with Crippen LogP contribution in [0.4, 0.5) is 5.69 Å². The SMILES string of the molecule is CCOc1c(Br)cc(Cl)cc1NC(=O)Cc1ccc(OC)cc1OC. The first-order valence-electron chi connectivity index (χ1n) is 7.61. The second-order valence-electron chi connectivity index (χ2n) is 5.10. The van der Waals surface area contributed by atoms with E-state index in [-0.39, 0.29) is 12.3 Å². The molecule has 2 aromatic carbocycles. The molecule has 0 unspecified atom stereocenters.